The van der Waals surface area contributed by atoms with E-state index in [9.17, 15) is 4.79 Å². The zero-order valence-corrected chi connectivity index (χ0v) is 14.6. The number of hydrogen-bond acceptors (Lipinski definition) is 7. The zero-order chi connectivity index (χ0) is 19.1. The van der Waals surface area contributed by atoms with Crippen LogP contribution in [0.15, 0.2) is 54.6 Å². The number of aromatic nitrogens is 5. The van der Waals surface area contributed by atoms with Crippen LogP contribution in [-0.2, 0) is 11.2 Å². The first kappa shape index (κ1) is 16.2. The van der Waals surface area contributed by atoms with Crippen LogP contribution in [0, 0.1) is 0 Å². The lowest BCUT2D eigenvalue weighted by atomic mass is 9.89. The molecule has 0 saturated carbocycles. The predicted molar refractivity (Wildman–Crippen MR) is 102 cm³/mol. The Morgan fingerprint density at radius 3 is 2.71 bits per heavy atom. The first-order valence-corrected chi connectivity index (χ1v) is 8.70. The Labute approximate surface area is 159 Å². The quantitative estimate of drug-likeness (QED) is 0.563. The lowest BCUT2D eigenvalue weighted by molar-refractivity contribution is -0.117. The third-order valence-electron chi connectivity index (χ3n) is 4.65. The molecule has 1 unspecified atom stereocenters. The fourth-order valence-electron chi connectivity index (χ4n) is 3.29. The molecule has 2 aromatic heterocycles. The van der Waals surface area contributed by atoms with Crippen molar-refractivity contribution in [2.45, 2.75) is 12.3 Å². The molecule has 0 saturated heterocycles. The number of nitrogens with zero attached hydrogens (tertiary/aromatic N) is 5. The van der Waals surface area contributed by atoms with Gasteiger partial charge in [0.25, 0.3) is 5.88 Å². The van der Waals surface area contributed by atoms with Crippen molar-refractivity contribution in [3.05, 3.63) is 65.7 Å². The standard InChI is InChI=1S/C19H15N7O2/c20-19-22-16-13(10-12(17(27)21-16)11-6-2-1-3-7-11)18(23-19)28-26-15-9-5-4-8-14(15)24-25-26/h1-9,12H,10H2,(H3,20,21,22,23,27). The van der Waals surface area contributed by atoms with E-state index in [1.54, 1.807) is 0 Å². The maximum atomic E-state index is 12.6. The summed E-state index contributed by atoms with van der Waals surface area (Å²) in [6.07, 6.45) is 0.382. The Kier molecular flexibility index (Phi) is 3.64. The molecule has 0 radical (unpaired) electrons. The van der Waals surface area contributed by atoms with E-state index in [1.807, 2.05) is 54.6 Å². The number of nitrogens with one attached hydrogen (secondary N) is 1. The van der Waals surface area contributed by atoms with Gasteiger partial charge in [0.05, 0.1) is 11.5 Å². The molecule has 0 spiro atoms. The van der Waals surface area contributed by atoms with Crippen molar-refractivity contribution < 1.29 is 9.63 Å². The molecule has 138 valence electrons. The van der Waals surface area contributed by atoms with Crippen LogP contribution in [0.4, 0.5) is 11.8 Å². The number of nitrogens with two attached hydrogens (primary N) is 1. The molecule has 2 aromatic carbocycles. The van der Waals surface area contributed by atoms with Crippen molar-refractivity contribution in [3.8, 4) is 5.88 Å². The van der Waals surface area contributed by atoms with Crippen molar-refractivity contribution in [3.63, 3.8) is 0 Å². The lowest BCUT2D eigenvalue weighted by Crippen LogP contribution is -2.30. The lowest BCUT2D eigenvalue weighted by Gasteiger charge is -2.25. The Morgan fingerprint density at radius 1 is 1.07 bits per heavy atom. The van der Waals surface area contributed by atoms with Crippen molar-refractivity contribution in [1.29, 1.82) is 0 Å². The molecule has 1 aliphatic rings. The van der Waals surface area contributed by atoms with Gasteiger partial charge in [0.15, 0.2) is 0 Å². The SMILES string of the molecule is Nc1nc2c(c(On3nnc4ccccc43)n1)CC(c1ccccc1)C(=O)N2. The molecule has 3 N–H and O–H groups in total. The first-order chi connectivity index (χ1) is 13.7. The molecule has 28 heavy (non-hydrogen) atoms. The van der Waals surface area contributed by atoms with E-state index < -0.39 is 0 Å². The fraction of sp³-hybridized carbons (Fsp3) is 0.105. The van der Waals surface area contributed by atoms with Gasteiger partial charge in [0.2, 0.25) is 11.9 Å². The van der Waals surface area contributed by atoms with Crippen LogP contribution >= 0.6 is 0 Å². The van der Waals surface area contributed by atoms with E-state index >= 15 is 0 Å². The van der Waals surface area contributed by atoms with Crippen molar-refractivity contribution >= 4 is 28.7 Å². The third kappa shape index (κ3) is 2.69. The predicted octanol–water partition coefficient (Wildman–Crippen LogP) is 1.92. The number of para-hydroxylation sites is 1. The van der Waals surface area contributed by atoms with Crippen LogP contribution < -0.4 is 15.9 Å². The fourth-order valence-corrected chi connectivity index (χ4v) is 3.29. The van der Waals surface area contributed by atoms with Crippen LogP contribution in [0.5, 0.6) is 5.88 Å². The van der Waals surface area contributed by atoms with Gasteiger partial charge in [0.1, 0.15) is 16.9 Å². The minimum absolute atomic E-state index is 0.00312. The van der Waals surface area contributed by atoms with Gasteiger partial charge in [0, 0.05) is 0 Å². The summed E-state index contributed by atoms with van der Waals surface area (Å²) >= 11 is 0. The Bertz CT molecular complexity index is 1190. The van der Waals surface area contributed by atoms with E-state index in [2.05, 4.69) is 25.6 Å². The second-order valence-corrected chi connectivity index (χ2v) is 6.41. The average Bonchev–Trinajstić information content (AvgIpc) is 3.11. The van der Waals surface area contributed by atoms with Gasteiger partial charge in [-0.1, -0.05) is 47.3 Å². The molecule has 3 heterocycles. The number of hydrogen-bond donors (Lipinski definition) is 2. The average molecular weight is 373 g/mol. The smallest absolute Gasteiger partial charge is 0.258 e. The number of carbonyl (C=O) groups excluding carboxylic acids is 1. The molecular formula is C19H15N7O2. The molecule has 0 bridgehead atoms. The van der Waals surface area contributed by atoms with Crippen LogP contribution in [-0.4, -0.2) is 31.0 Å². The summed E-state index contributed by atoms with van der Waals surface area (Å²) < 4.78 is 0. The summed E-state index contributed by atoms with van der Waals surface area (Å²) in [6.45, 7) is 0. The van der Waals surface area contributed by atoms with E-state index in [-0.39, 0.29) is 23.7 Å². The largest absolute Gasteiger partial charge is 0.368 e. The van der Waals surface area contributed by atoms with E-state index in [4.69, 9.17) is 10.6 Å². The minimum atomic E-state index is -0.379. The normalized spacial score (nSPS) is 15.9. The molecule has 0 fully saturated rings. The number of benzene rings is 2. The van der Waals surface area contributed by atoms with Crippen LogP contribution in [0.2, 0.25) is 0 Å². The molecule has 5 rings (SSSR count). The molecule has 1 aliphatic heterocycles. The summed E-state index contributed by atoms with van der Waals surface area (Å²) in [6, 6.07) is 16.9. The molecule has 1 atom stereocenters. The number of fused-ring (bicyclic) bond motifs is 2. The van der Waals surface area contributed by atoms with Gasteiger partial charge >= 0.3 is 0 Å². The summed E-state index contributed by atoms with van der Waals surface area (Å²) in [4.78, 5) is 28.1. The second-order valence-electron chi connectivity index (χ2n) is 6.41. The van der Waals surface area contributed by atoms with Crippen LogP contribution in [0.1, 0.15) is 17.0 Å². The summed E-state index contributed by atoms with van der Waals surface area (Å²) in [5, 5.41) is 10.9. The van der Waals surface area contributed by atoms with Crippen molar-refractivity contribution in [2.75, 3.05) is 11.1 Å². The summed E-state index contributed by atoms with van der Waals surface area (Å²) in [7, 11) is 0. The van der Waals surface area contributed by atoms with Crippen molar-refractivity contribution in [1.82, 2.24) is 25.1 Å². The number of carbonyl (C=O) groups is 1. The molecule has 4 aromatic rings. The number of rotatable bonds is 3. The highest BCUT2D eigenvalue weighted by Gasteiger charge is 2.32. The number of amides is 1. The molecule has 0 aliphatic carbocycles. The Morgan fingerprint density at radius 2 is 1.86 bits per heavy atom. The summed E-state index contributed by atoms with van der Waals surface area (Å²) in [5.41, 5.74) is 8.75. The molecule has 1 amide bonds. The van der Waals surface area contributed by atoms with E-state index in [1.165, 1.54) is 4.85 Å². The summed E-state index contributed by atoms with van der Waals surface area (Å²) in [5.74, 6) is 0.0598. The molecule has 9 heteroatoms. The molecular weight excluding hydrogens is 358 g/mol. The van der Waals surface area contributed by atoms with Crippen molar-refractivity contribution in [2.24, 2.45) is 0 Å². The minimum Gasteiger partial charge on any atom is -0.368 e. The number of nitrogen functional groups attached to an aromatic ring is 1. The van der Waals surface area contributed by atoms with Crippen LogP contribution in [0.25, 0.3) is 11.0 Å². The highest BCUT2D eigenvalue weighted by atomic mass is 16.7. The van der Waals surface area contributed by atoms with Gasteiger partial charge in [-0.15, -0.1) is 5.10 Å². The van der Waals surface area contributed by atoms with Gasteiger partial charge < -0.3 is 15.9 Å². The highest BCUT2D eigenvalue weighted by molar-refractivity contribution is 5.98. The van der Waals surface area contributed by atoms with Gasteiger partial charge in [-0.2, -0.15) is 9.97 Å². The first-order valence-electron chi connectivity index (χ1n) is 8.70. The Balaban J connectivity index is 1.56. The van der Waals surface area contributed by atoms with E-state index in [0.717, 1.165) is 5.56 Å². The van der Waals surface area contributed by atoms with Gasteiger partial charge in [-0.05, 0) is 29.3 Å². The topological polar surface area (TPSA) is 121 Å². The maximum Gasteiger partial charge on any atom is 0.258 e. The van der Waals surface area contributed by atoms with Crippen LogP contribution in [0.3, 0.4) is 0 Å². The Hall–Kier alpha value is -4.01. The molecule has 9 nitrogen and oxygen atoms in total. The second kappa shape index (κ2) is 6.31. The van der Waals surface area contributed by atoms with Gasteiger partial charge in [-0.3, -0.25) is 4.79 Å². The van der Waals surface area contributed by atoms with E-state index in [0.29, 0.717) is 28.8 Å². The third-order valence-corrected chi connectivity index (χ3v) is 4.65. The number of anilines is 2. The monoisotopic (exact) mass is 373 g/mol. The van der Waals surface area contributed by atoms with Gasteiger partial charge in [-0.25, -0.2) is 0 Å². The maximum absolute atomic E-state index is 12.6. The zero-order valence-electron chi connectivity index (χ0n) is 14.6. The highest BCUT2D eigenvalue weighted by Crippen LogP contribution is 2.35.